The largest absolute Gasteiger partial charge is 0.342 e. The zero-order chi connectivity index (χ0) is 16.7. The maximum atomic E-state index is 12.3. The summed E-state index contributed by atoms with van der Waals surface area (Å²) in [6, 6.07) is 9.15. The van der Waals surface area contributed by atoms with Crippen LogP contribution < -0.4 is 10.6 Å². The Morgan fingerprint density at radius 1 is 1.22 bits per heavy atom. The monoisotopic (exact) mass is 315 g/mol. The molecule has 0 saturated carbocycles. The highest BCUT2D eigenvalue weighted by molar-refractivity contribution is 5.99. The molecule has 0 bridgehead atoms. The van der Waals surface area contributed by atoms with Crippen LogP contribution in [0.4, 0.5) is 5.69 Å². The number of aryl methyl sites for hydroxylation is 1. The lowest BCUT2D eigenvalue weighted by Gasteiger charge is -2.25. The summed E-state index contributed by atoms with van der Waals surface area (Å²) in [6.45, 7) is 3.98. The molecule has 2 rings (SSSR count). The summed E-state index contributed by atoms with van der Waals surface area (Å²) in [4.78, 5) is 28.1. The minimum absolute atomic E-state index is 0.168. The van der Waals surface area contributed by atoms with Crippen LogP contribution >= 0.6 is 0 Å². The number of amides is 2. The summed E-state index contributed by atoms with van der Waals surface area (Å²) in [7, 11) is 0. The average molecular weight is 315 g/mol. The molecule has 0 saturated heterocycles. The molecule has 7 heteroatoms. The van der Waals surface area contributed by atoms with Crippen LogP contribution in [0.3, 0.4) is 0 Å². The Balaban J connectivity index is 1.79. The van der Waals surface area contributed by atoms with Gasteiger partial charge in [0, 0.05) is 18.7 Å². The fourth-order valence-electron chi connectivity index (χ4n) is 2.03. The predicted molar refractivity (Wildman–Crippen MR) is 86.5 cm³/mol. The van der Waals surface area contributed by atoms with Crippen molar-refractivity contribution in [2.45, 2.75) is 38.8 Å². The first-order valence-electron chi connectivity index (χ1n) is 7.47. The molecule has 122 valence electrons. The minimum Gasteiger partial charge on any atom is -0.342 e. The summed E-state index contributed by atoms with van der Waals surface area (Å²) in [5.41, 5.74) is -0.286. The Hall–Kier alpha value is -2.70. The van der Waals surface area contributed by atoms with Crippen molar-refractivity contribution in [3.63, 3.8) is 0 Å². The Kier molecular flexibility index (Phi) is 5.46. The number of aromatic nitrogens is 3. The van der Waals surface area contributed by atoms with E-state index in [-0.39, 0.29) is 11.8 Å². The molecule has 0 unspecified atom stereocenters. The lowest BCUT2D eigenvalue weighted by Crippen LogP contribution is -2.52. The number of nitrogens with zero attached hydrogens (tertiary/aromatic N) is 3. The normalized spacial score (nSPS) is 11.0. The molecule has 2 amide bonds. The number of nitrogens with one attached hydrogen (secondary N) is 2. The smallest absolute Gasteiger partial charge is 0.249 e. The molecular weight excluding hydrogens is 294 g/mol. The second-order valence-electron chi connectivity index (χ2n) is 5.76. The molecule has 7 nitrogen and oxygen atoms in total. The molecule has 0 aliphatic heterocycles. The molecule has 1 aromatic heterocycles. The van der Waals surface area contributed by atoms with Gasteiger partial charge in [-0.25, -0.2) is 4.98 Å². The Morgan fingerprint density at radius 2 is 1.96 bits per heavy atom. The van der Waals surface area contributed by atoms with E-state index in [2.05, 4.69) is 20.7 Å². The van der Waals surface area contributed by atoms with Crippen molar-refractivity contribution < 1.29 is 9.59 Å². The van der Waals surface area contributed by atoms with Gasteiger partial charge in [-0.2, -0.15) is 5.10 Å². The molecule has 0 aliphatic rings. The number of anilines is 1. The predicted octanol–water partition coefficient (Wildman–Crippen LogP) is 1.59. The van der Waals surface area contributed by atoms with Crippen LogP contribution in [0.5, 0.6) is 0 Å². The van der Waals surface area contributed by atoms with Gasteiger partial charge in [-0.15, -0.1) is 0 Å². The van der Waals surface area contributed by atoms with E-state index in [1.807, 2.05) is 18.2 Å². The molecule has 0 aliphatic carbocycles. The molecule has 0 atom stereocenters. The SMILES string of the molecule is CC(C)(NC(=O)CCCn1cncn1)C(=O)Nc1ccccc1. The molecule has 1 heterocycles. The first kappa shape index (κ1) is 16.7. The van der Waals surface area contributed by atoms with Crippen molar-refractivity contribution in [1.29, 1.82) is 0 Å². The zero-order valence-corrected chi connectivity index (χ0v) is 13.3. The topological polar surface area (TPSA) is 88.9 Å². The highest BCUT2D eigenvalue weighted by Gasteiger charge is 2.29. The van der Waals surface area contributed by atoms with Crippen LogP contribution in [0.15, 0.2) is 43.0 Å². The third-order valence-electron chi connectivity index (χ3n) is 3.31. The minimum atomic E-state index is -0.986. The van der Waals surface area contributed by atoms with E-state index < -0.39 is 5.54 Å². The quantitative estimate of drug-likeness (QED) is 0.812. The number of carbonyl (C=O) groups excluding carboxylic acids is 2. The van der Waals surface area contributed by atoms with Crippen molar-refractivity contribution in [2.24, 2.45) is 0 Å². The fourth-order valence-corrected chi connectivity index (χ4v) is 2.03. The van der Waals surface area contributed by atoms with Crippen LogP contribution in [0, 0.1) is 0 Å². The van der Waals surface area contributed by atoms with Gasteiger partial charge in [0.2, 0.25) is 11.8 Å². The van der Waals surface area contributed by atoms with Crippen molar-refractivity contribution >= 4 is 17.5 Å². The summed E-state index contributed by atoms with van der Waals surface area (Å²) in [5.74, 6) is -0.424. The maximum Gasteiger partial charge on any atom is 0.249 e. The van der Waals surface area contributed by atoms with Crippen LogP contribution in [-0.4, -0.2) is 32.1 Å². The standard InChI is InChI=1S/C16H21N5O2/c1-16(2,15(23)19-13-7-4-3-5-8-13)20-14(22)9-6-10-21-12-17-11-18-21/h3-5,7-8,11-12H,6,9-10H2,1-2H3,(H,19,23)(H,20,22). The van der Waals surface area contributed by atoms with Gasteiger partial charge in [-0.05, 0) is 32.4 Å². The number of carbonyl (C=O) groups is 2. The Bertz CT molecular complexity index is 638. The van der Waals surface area contributed by atoms with E-state index in [0.29, 0.717) is 25.1 Å². The van der Waals surface area contributed by atoms with Crippen molar-refractivity contribution in [3.05, 3.63) is 43.0 Å². The maximum absolute atomic E-state index is 12.3. The molecule has 2 aromatic rings. The van der Waals surface area contributed by atoms with E-state index in [0.717, 1.165) is 0 Å². The summed E-state index contributed by atoms with van der Waals surface area (Å²) < 4.78 is 1.67. The van der Waals surface area contributed by atoms with E-state index >= 15 is 0 Å². The lowest BCUT2D eigenvalue weighted by molar-refractivity contribution is -0.129. The van der Waals surface area contributed by atoms with E-state index in [4.69, 9.17) is 0 Å². The van der Waals surface area contributed by atoms with Gasteiger partial charge in [0.25, 0.3) is 0 Å². The van der Waals surface area contributed by atoms with Gasteiger partial charge in [0.05, 0.1) is 0 Å². The summed E-state index contributed by atoms with van der Waals surface area (Å²) in [6.07, 6.45) is 4.01. The van der Waals surface area contributed by atoms with E-state index in [1.54, 1.807) is 37.0 Å². The highest BCUT2D eigenvalue weighted by atomic mass is 16.2. The number of para-hydroxylation sites is 1. The van der Waals surface area contributed by atoms with Gasteiger partial charge >= 0.3 is 0 Å². The van der Waals surface area contributed by atoms with Crippen molar-refractivity contribution in [1.82, 2.24) is 20.1 Å². The number of hydrogen-bond acceptors (Lipinski definition) is 4. The van der Waals surface area contributed by atoms with Crippen molar-refractivity contribution in [3.8, 4) is 0 Å². The lowest BCUT2D eigenvalue weighted by atomic mass is 10.0. The van der Waals surface area contributed by atoms with Crippen LogP contribution in [0.25, 0.3) is 0 Å². The zero-order valence-electron chi connectivity index (χ0n) is 13.3. The molecule has 0 spiro atoms. The molecule has 0 fully saturated rings. The second-order valence-corrected chi connectivity index (χ2v) is 5.76. The van der Waals surface area contributed by atoms with Gasteiger partial charge < -0.3 is 10.6 Å². The van der Waals surface area contributed by atoms with Crippen LogP contribution in [-0.2, 0) is 16.1 Å². The van der Waals surface area contributed by atoms with Gasteiger partial charge in [0.15, 0.2) is 0 Å². The first-order chi connectivity index (χ1) is 11.0. The van der Waals surface area contributed by atoms with E-state index in [1.165, 1.54) is 6.33 Å². The molecule has 0 radical (unpaired) electrons. The Morgan fingerprint density at radius 3 is 2.61 bits per heavy atom. The fraction of sp³-hybridized carbons (Fsp3) is 0.375. The molecule has 2 N–H and O–H groups in total. The van der Waals surface area contributed by atoms with Crippen LogP contribution in [0.1, 0.15) is 26.7 Å². The number of hydrogen-bond donors (Lipinski definition) is 2. The average Bonchev–Trinajstić information content (AvgIpc) is 3.01. The van der Waals surface area contributed by atoms with Gasteiger partial charge in [-0.1, -0.05) is 18.2 Å². The van der Waals surface area contributed by atoms with E-state index in [9.17, 15) is 9.59 Å². The molecule has 1 aromatic carbocycles. The second kappa shape index (κ2) is 7.53. The first-order valence-corrected chi connectivity index (χ1v) is 7.47. The number of rotatable bonds is 7. The number of benzene rings is 1. The van der Waals surface area contributed by atoms with Gasteiger partial charge in [0.1, 0.15) is 18.2 Å². The summed E-state index contributed by atoms with van der Waals surface area (Å²) in [5, 5.41) is 9.52. The third-order valence-corrected chi connectivity index (χ3v) is 3.31. The summed E-state index contributed by atoms with van der Waals surface area (Å²) >= 11 is 0. The molecule has 23 heavy (non-hydrogen) atoms. The third kappa shape index (κ3) is 5.21. The van der Waals surface area contributed by atoms with Crippen molar-refractivity contribution in [2.75, 3.05) is 5.32 Å². The Labute approximate surface area is 135 Å². The van der Waals surface area contributed by atoms with Gasteiger partial charge in [-0.3, -0.25) is 14.3 Å². The highest BCUT2D eigenvalue weighted by Crippen LogP contribution is 2.11. The van der Waals surface area contributed by atoms with Crippen LogP contribution in [0.2, 0.25) is 0 Å². The molecular formula is C16H21N5O2.